The number of halogens is 2. The van der Waals surface area contributed by atoms with Crippen LogP contribution in [0, 0.1) is 11.6 Å². The number of hydrogen-bond donors (Lipinski definition) is 1. The van der Waals surface area contributed by atoms with Crippen molar-refractivity contribution in [1.29, 1.82) is 0 Å². The minimum atomic E-state index is -4.26. The molecule has 0 spiro atoms. The van der Waals surface area contributed by atoms with E-state index >= 15 is 0 Å². The SMILES string of the molecule is CC(=O)N1CCC(NS(=O)(=O)c2c(F)cccc2F)CC1. The first-order valence-electron chi connectivity index (χ1n) is 6.53. The number of amides is 1. The van der Waals surface area contributed by atoms with Gasteiger partial charge in [-0.2, -0.15) is 0 Å². The summed E-state index contributed by atoms with van der Waals surface area (Å²) in [6, 6.07) is 2.46. The Morgan fingerprint density at radius 1 is 1.24 bits per heavy atom. The van der Waals surface area contributed by atoms with Crippen LogP contribution in [0.4, 0.5) is 8.78 Å². The van der Waals surface area contributed by atoms with Gasteiger partial charge in [0, 0.05) is 26.1 Å². The summed E-state index contributed by atoms with van der Waals surface area (Å²) in [6.07, 6.45) is 0.823. The van der Waals surface area contributed by atoms with Gasteiger partial charge in [-0.15, -0.1) is 0 Å². The number of carbonyl (C=O) groups excluding carboxylic acids is 1. The summed E-state index contributed by atoms with van der Waals surface area (Å²) in [6.45, 7) is 2.28. The van der Waals surface area contributed by atoms with Gasteiger partial charge in [-0.3, -0.25) is 4.79 Å². The molecule has 8 heteroatoms. The van der Waals surface area contributed by atoms with Crippen LogP contribution in [0.1, 0.15) is 19.8 Å². The molecule has 1 aromatic carbocycles. The molecule has 5 nitrogen and oxygen atoms in total. The Kier molecular flexibility index (Phi) is 4.58. The highest BCUT2D eigenvalue weighted by Gasteiger charge is 2.29. The van der Waals surface area contributed by atoms with Gasteiger partial charge in [-0.25, -0.2) is 21.9 Å². The summed E-state index contributed by atoms with van der Waals surface area (Å²) in [7, 11) is -4.26. The smallest absolute Gasteiger partial charge is 0.246 e. The molecule has 1 aliphatic rings. The second-order valence-corrected chi connectivity index (χ2v) is 6.60. The minimum absolute atomic E-state index is 0.0727. The van der Waals surface area contributed by atoms with Crippen LogP contribution >= 0.6 is 0 Å². The van der Waals surface area contributed by atoms with Crippen molar-refractivity contribution >= 4 is 15.9 Å². The zero-order valence-corrected chi connectivity index (χ0v) is 12.3. The van der Waals surface area contributed by atoms with Crippen molar-refractivity contribution in [3.8, 4) is 0 Å². The summed E-state index contributed by atoms with van der Waals surface area (Å²) in [5.41, 5.74) is 0. The average Bonchev–Trinajstić information content (AvgIpc) is 2.38. The Morgan fingerprint density at radius 2 is 1.76 bits per heavy atom. The second kappa shape index (κ2) is 6.07. The van der Waals surface area contributed by atoms with Crippen LogP contribution in [0.15, 0.2) is 23.1 Å². The summed E-state index contributed by atoms with van der Waals surface area (Å²) in [5.74, 6) is -2.32. The molecule has 116 valence electrons. The van der Waals surface area contributed by atoms with Gasteiger partial charge in [-0.05, 0) is 25.0 Å². The predicted octanol–water partition coefficient (Wildman–Crippen LogP) is 1.25. The highest BCUT2D eigenvalue weighted by Crippen LogP contribution is 2.20. The fourth-order valence-electron chi connectivity index (χ4n) is 2.33. The maximum absolute atomic E-state index is 13.6. The molecule has 0 saturated carbocycles. The molecule has 1 aromatic rings. The van der Waals surface area contributed by atoms with Gasteiger partial charge < -0.3 is 4.90 Å². The van der Waals surface area contributed by atoms with Crippen molar-refractivity contribution in [2.45, 2.75) is 30.7 Å². The molecule has 0 aliphatic carbocycles. The van der Waals surface area contributed by atoms with Crippen LogP contribution in [0.2, 0.25) is 0 Å². The maximum Gasteiger partial charge on any atom is 0.246 e. The molecule has 1 aliphatic heterocycles. The number of carbonyl (C=O) groups is 1. The quantitative estimate of drug-likeness (QED) is 0.912. The molecule has 1 heterocycles. The number of nitrogens with zero attached hydrogens (tertiary/aromatic N) is 1. The zero-order valence-electron chi connectivity index (χ0n) is 11.5. The lowest BCUT2D eigenvalue weighted by Crippen LogP contribution is -2.46. The number of benzene rings is 1. The van der Waals surface area contributed by atoms with Crippen LogP contribution < -0.4 is 4.72 Å². The molecule has 0 radical (unpaired) electrons. The van der Waals surface area contributed by atoms with E-state index in [9.17, 15) is 22.0 Å². The Bertz CT molecular complexity index is 621. The van der Waals surface area contributed by atoms with Crippen molar-refractivity contribution in [3.63, 3.8) is 0 Å². The van der Waals surface area contributed by atoms with Crippen LogP contribution in [0.5, 0.6) is 0 Å². The summed E-state index contributed by atoms with van der Waals surface area (Å²) >= 11 is 0. The average molecular weight is 318 g/mol. The molecule has 21 heavy (non-hydrogen) atoms. The molecule has 0 aromatic heterocycles. The first kappa shape index (κ1) is 15.8. The molecule has 0 atom stereocenters. The van der Waals surface area contributed by atoms with E-state index in [-0.39, 0.29) is 5.91 Å². The molecule has 1 amide bonds. The van der Waals surface area contributed by atoms with Gasteiger partial charge >= 0.3 is 0 Å². The molecule has 0 unspecified atom stereocenters. The van der Waals surface area contributed by atoms with Gasteiger partial charge in [0.2, 0.25) is 15.9 Å². The predicted molar refractivity (Wildman–Crippen MR) is 72.0 cm³/mol. The van der Waals surface area contributed by atoms with Gasteiger partial charge in [0.05, 0.1) is 0 Å². The molecular weight excluding hydrogens is 302 g/mol. The highest BCUT2D eigenvalue weighted by molar-refractivity contribution is 7.89. The lowest BCUT2D eigenvalue weighted by molar-refractivity contribution is -0.129. The van der Waals surface area contributed by atoms with Crippen molar-refractivity contribution in [2.75, 3.05) is 13.1 Å². The van der Waals surface area contributed by atoms with Gasteiger partial charge in [0.1, 0.15) is 11.6 Å². The fourth-order valence-corrected chi connectivity index (χ4v) is 3.77. The third kappa shape index (κ3) is 3.56. The number of rotatable bonds is 3. The largest absolute Gasteiger partial charge is 0.343 e. The van der Waals surface area contributed by atoms with Gasteiger partial charge in [0.25, 0.3) is 0 Å². The Hall–Kier alpha value is -1.54. The van der Waals surface area contributed by atoms with Crippen LogP contribution in [0.3, 0.4) is 0 Å². The molecule has 1 saturated heterocycles. The molecular formula is C13H16F2N2O3S. The topological polar surface area (TPSA) is 66.5 Å². The third-order valence-electron chi connectivity index (χ3n) is 3.45. The van der Waals surface area contributed by atoms with Gasteiger partial charge in [-0.1, -0.05) is 6.07 Å². The Balaban J connectivity index is 2.11. The number of piperidine rings is 1. The first-order valence-corrected chi connectivity index (χ1v) is 8.01. The van der Waals surface area contributed by atoms with Crippen LogP contribution in [-0.4, -0.2) is 38.4 Å². The maximum atomic E-state index is 13.6. The summed E-state index contributed by atoms with van der Waals surface area (Å²) in [5, 5.41) is 0. The van der Waals surface area contributed by atoms with Crippen molar-refractivity contribution < 1.29 is 22.0 Å². The van der Waals surface area contributed by atoms with E-state index in [0.29, 0.717) is 25.9 Å². The first-order chi connectivity index (χ1) is 9.81. The van der Waals surface area contributed by atoms with E-state index in [1.165, 1.54) is 6.92 Å². The monoisotopic (exact) mass is 318 g/mol. The number of hydrogen-bond acceptors (Lipinski definition) is 3. The second-order valence-electron chi connectivity index (χ2n) is 4.95. The van der Waals surface area contributed by atoms with Crippen molar-refractivity contribution in [1.82, 2.24) is 9.62 Å². The summed E-state index contributed by atoms with van der Waals surface area (Å²) in [4.78, 5) is 11.8. The van der Waals surface area contributed by atoms with Crippen molar-refractivity contribution in [2.24, 2.45) is 0 Å². The number of sulfonamides is 1. The van der Waals surface area contributed by atoms with E-state index in [4.69, 9.17) is 0 Å². The Morgan fingerprint density at radius 3 is 2.24 bits per heavy atom. The Labute approximate surface area is 122 Å². The van der Waals surface area contributed by atoms with E-state index in [1.54, 1.807) is 4.90 Å². The number of nitrogens with one attached hydrogen (secondary N) is 1. The number of likely N-dealkylation sites (tertiary alicyclic amines) is 1. The zero-order chi connectivity index (χ0) is 15.6. The standard InChI is InChI=1S/C13H16F2N2O3S/c1-9(18)17-7-5-10(6-8-17)16-21(19,20)13-11(14)3-2-4-12(13)15/h2-4,10,16H,5-8H2,1H3. The molecule has 0 bridgehead atoms. The van der Waals surface area contributed by atoms with Crippen LogP contribution in [0.25, 0.3) is 0 Å². The highest BCUT2D eigenvalue weighted by atomic mass is 32.2. The van der Waals surface area contributed by atoms with E-state index in [1.807, 2.05) is 0 Å². The normalized spacial score (nSPS) is 17.0. The fraction of sp³-hybridized carbons (Fsp3) is 0.462. The molecule has 1 N–H and O–H groups in total. The molecule has 1 fully saturated rings. The van der Waals surface area contributed by atoms with E-state index in [2.05, 4.69) is 4.72 Å². The third-order valence-corrected chi connectivity index (χ3v) is 5.02. The lowest BCUT2D eigenvalue weighted by atomic mass is 10.1. The van der Waals surface area contributed by atoms with Gasteiger partial charge in [0.15, 0.2) is 4.90 Å². The minimum Gasteiger partial charge on any atom is -0.343 e. The van der Waals surface area contributed by atoms with E-state index < -0.39 is 32.6 Å². The summed E-state index contributed by atoms with van der Waals surface area (Å²) < 4.78 is 53.6. The molecule has 2 rings (SSSR count). The lowest BCUT2D eigenvalue weighted by Gasteiger charge is -2.31. The van der Waals surface area contributed by atoms with Crippen LogP contribution in [-0.2, 0) is 14.8 Å². The van der Waals surface area contributed by atoms with E-state index in [0.717, 1.165) is 18.2 Å². The van der Waals surface area contributed by atoms with Crippen molar-refractivity contribution in [3.05, 3.63) is 29.8 Å².